The highest BCUT2D eigenvalue weighted by Crippen LogP contribution is 2.23. The second-order valence-corrected chi connectivity index (χ2v) is 2.36. The van der Waals surface area contributed by atoms with Crippen LogP contribution < -0.4 is 4.90 Å². The lowest BCUT2D eigenvalue weighted by Gasteiger charge is -2.07. The summed E-state index contributed by atoms with van der Waals surface area (Å²) >= 11 is 0. The van der Waals surface area contributed by atoms with Crippen molar-refractivity contribution in [1.29, 1.82) is 0 Å². The molecule has 0 atom stereocenters. The molecule has 0 aliphatic rings. The van der Waals surface area contributed by atoms with Crippen LogP contribution in [0.5, 0.6) is 0 Å². The predicted molar refractivity (Wildman–Crippen MR) is 41.8 cm³/mol. The number of aromatic amines is 1. The highest BCUT2D eigenvalue weighted by Gasteiger charge is 2.15. The molecule has 0 unspecified atom stereocenters. The van der Waals surface area contributed by atoms with Gasteiger partial charge in [-0.15, -0.1) is 0 Å². The SMILES string of the molecule is CN(C)c1[nH]ccc1[N+](=O)[O-]. The Labute approximate surface area is 63.8 Å². The number of nitrogens with one attached hydrogen (secondary N) is 1. The topological polar surface area (TPSA) is 62.2 Å². The molecule has 1 rings (SSSR count). The molecular weight excluding hydrogens is 146 g/mol. The highest BCUT2D eigenvalue weighted by atomic mass is 16.6. The fourth-order valence-electron chi connectivity index (χ4n) is 0.858. The molecule has 0 bridgehead atoms. The van der Waals surface area contributed by atoms with Crippen molar-refractivity contribution in [3.8, 4) is 0 Å². The van der Waals surface area contributed by atoms with Gasteiger partial charge in [-0.2, -0.15) is 0 Å². The minimum absolute atomic E-state index is 0.106. The molecule has 0 saturated heterocycles. The molecule has 60 valence electrons. The third-order valence-corrected chi connectivity index (χ3v) is 1.35. The van der Waals surface area contributed by atoms with Crippen LogP contribution >= 0.6 is 0 Å². The summed E-state index contributed by atoms with van der Waals surface area (Å²) < 4.78 is 0. The van der Waals surface area contributed by atoms with Crippen molar-refractivity contribution in [2.24, 2.45) is 0 Å². The fraction of sp³-hybridized carbons (Fsp3) is 0.333. The Bertz CT molecular complexity index is 267. The van der Waals surface area contributed by atoms with Crippen LogP contribution in [0.3, 0.4) is 0 Å². The lowest BCUT2D eigenvalue weighted by molar-refractivity contribution is -0.384. The van der Waals surface area contributed by atoms with Gasteiger partial charge < -0.3 is 9.88 Å². The van der Waals surface area contributed by atoms with Crippen LogP contribution in [0.1, 0.15) is 0 Å². The van der Waals surface area contributed by atoms with E-state index in [-0.39, 0.29) is 5.69 Å². The number of hydrogen-bond acceptors (Lipinski definition) is 3. The molecule has 0 radical (unpaired) electrons. The number of nitrogens with zero attached hydrogens (tertiary/aromatic N) is 2. The molecule has 0 aliphatic heterocycles. The number of H-pyrrole nitrogens is 1. The average Bonchev–Trinajstić information content (AvgIpc) is 2.32. The number of aromatic nitrogens is 1. The Morgan fingerprint density at radius 1 is 1.64 bits per heavy atom. The first-order chi connectivity index (χ1) is 5.13. The van der Waals surface area contributed by atoms with Crippen LogP contribution in [0.2, 0.25) is 0 Å². The van der Waals surface area contributed by atoms with E-state index in [4.69, 9.17) is 0 Å². The molecule has 0 fully saturated rings. The van der Waals surface area contributed by atoms with Crippen LogP contribution in [0.4, 0.5) is 11.5 Å². The molecule has 1 heterocycles. The molecule has 1 aromatic heterocycles. The molecule has 0 amide bonds. The first-order valence-corrected chi connectivity index (χ1v) is 3.12. The minimum atomic E-state index is -0.411. The van der Waals surface area contributed by atoms with E-state index in [1.165, 1.54) is 6.07 Å². The van der Waals surface area contributed by atoms with Crippen LogP contribution in [0.25, 0.3) is 0 Å². The Morgan fingerprint density at radius 2 is 2.27 bits per heavy atom. The maximum Gasteiger partial charge on any atom is 0.310 e. The van der Waals surface area contributed by atoms with Gasteiger partial charge in [0.2, 0.25) is 0 Å². The van der Waals surface area contributed by atoms with Gasteiger partial charge in [-0.3, -0.25) is 10.1 Å². The number of anilines is 1. The lowest BCUT2D eigenvalue weighted by atomic mass is 10.5. The summed E-state index contributed by atoms with van der Waals surface area (Å²) in [6.07, 6.45) is 1.55. The first-order valence-electron chi connectivity index (χ1n) is 3.12. The standard InChI is InChI=1S/C6H9N3O2/c1-8(2)6-5(9(10)11)3-4-7-6/h3-4,7H,1-2H3. The molecule has 11 heavy (non-hydrogen) atoms. The van der Waals surface area contributed by atoms with Crippen LogP contribution in [0.15, 0.2) is 12.3 Å². The van der Waals surface area contributed by atoms with Crippen LogP contribution in [0, 0.1) is 10.1 Å². The average molecular weight is 155 g/mol. The van der Waals surface area contributed by atoms with Crippen molar-refractivity contribution in [1.82, 2.24) is 4.98 Å². The van der Waals surface area contributed by atoms with Gasteiger partial charge in [-0.05, 0) is 0 Å². The second kappa shape index (κ2) is 2.61. The van der Waals surface area contributed by atoms with Gasteiger partial charge in [0.15, 0.2) is 5.82 Å². The third-order valence-electron chi connectivity index (χ3n) is 1.35. The molecule has 0 saturated carbocycles. The monoisotopic (exact) mass is 155 g/mol. The summed E-state index contributed by atoms with van der Waals surface area (Å²) in [6, 6.07) is 1.44. The van der Waals surface area contributed by atoms with E-state index in [0.29, 0.717) is 5.82 Å². The van der Waals surface area contributed by atoms with Gasteiger partial charge in [0, 0.05) is 26.4 Å². The quantitative estimate of drug-likeness (QED) is 0.511. The number of nitro groups is 1. The predicted octanol–water partition coefficient (Wildman–Crippen LogP) is 0.989. The van der Waals surface area contributed by atoms with E-state index in [9.17, 15) is 10.1 Å². The van der Waals surface area contributed by atoms with Crippen LogP contribution in [-0.4, -0.2) is 24.0 Å². The highest BCUT2D eigenvalue weighted by molar-refractivity contribution is 5.57. The van der Waals surface area contributed by atoms with Crippen molar-refractivity contribution in [2.45, 2.75) is 0 Å². The van der Waals surface area contributed by atoms with Crippen LogP contribution in [-0.2, 0) is 0 Å². The molecule has 5 heteroatoms. The molecule has 1 N–H and O–H groups in total. The van der Waals surface area contributed by atoms with E-state index < -0.39 is 4.92 Å². The molecule has 5 nitrogen and oxygen atoms in total. The van der Waals surface area contributed by atoms with E-state index in [2.05, 4.69) is 4.98 Å². The number of rotatable bonds is 2. The first kappa shape index (κ1) is 7.59. The lowest BCUT2D eigenvalue weighted by Crippen LogP contribution is -2.10. The summed E-state index contributed by atoms with van der Waals surface area (Å²) in [4.78, 5) is 14.4. The third kappa shape index (κ3) is 1.31. The molecule has 0 aromatic carbocycles. The van der Waals surface area contributed by atoms with Crippen molar-refractivity contribution < 1.29 is 4.92 Å². The van der Waals surface area contributed by atoms with Gasteiger partial charge in [-0.1, -0.05) is 0 Å². The van der Waals surface area contributed by atoms with Crippen molar-refractivity contribution in [3.63, 3.8) is 0 Å². The largest absolute Gasteiger partial charge is 0.359 e. The molecule has 0 aliphatic carbocycles. The summed E-state index contributed by atoms with van der Waals surface area (Å²) in [5.41, 5.74) is 0.106. The Kier molecular flexibility index (Phi) is 1.80. The maximum absolute atomic E-state index is 10.3. The maximum atomic E-state index is 10.3. The summed E-state index contributed by atoms with van der Waals surface area (Å²) in [7, 11) is 3.50. The van der Waals surface area contributed by atoms with Gasteiger partial charge in [-0.25, -0.2) is 0 Å². The van der Waals surface area contributed by atoms with Gasteiger partial charge in [0.1, 0.15) is 0 Å². The van der Waals surface area contributed by atoms with E-state index in [1.807, 2.05) is 0 Å². The van der Waals surface area contributed by atoms with Gasteiger partial charge in [0.25, 0.3) is 0 Å². The summed E-state index contributed by atoms with van der Waals surface area (Å²) in [5.74, 6) is 0.523. The summed E-state index contributed by atoms with van der Waals surface area (Å²) in [5, 5.41) is 10.3. The normalized spacial score (nSPS) is 9.64. The molecule has 1 aromatic rings. The van der Waals surface area contributed by atoms with Gasteiger partial charge >= 0.3 is 5.69 Å². The van der Waals surface area contributed by atoms with E-state index in [0.717, 1.165) is 0 Å². The van der Waals surface area contributed by atoms with Crippen molar-refractivity contribution in [2.75, 3.05) is 19.0 Å². The van der Waals surface area contributed by atoms with E-state index in [1.54, 1.807) is 25.2 Å². The zero-order valence-electron chi connectivity index (χ0n) is 6.37. The van der Waals surface area contributed by atoms with Crippen molar-refractivity contribution in [3.05, 3.63) is 22.4 Å². The second-order valence-electron chi connectivity index (χ2n) is 2.36. The van der Waals surface area contributed by atoms with Crippen molar-refractivity contribution >= 4 is 11.5 Å². The van der Waals surface area contributed by atoms with E-state index >= 15 is 0 Å². The Hall–Kier alpha value is -1.52. The molecular formula is C6H9N3O2. The Morgan fingerprint density at radius 3 is 2.64 bits per heavy atom. The summed E-state index contributed by atoms with van der Waals surface area (Å²) in [6.45, 7) is 0. The molecule has 0 spiro atoms. The zero-order valence-corrected chi connectivity index (χ0v) is 6.37. The minimum Gasteiger partial charge on any atom is -0.359 e. The fourth-order valence-corrected chi connectivity index (χ4v) is 0.858. The Balaban J connectivity index is 3.06. The number of hydrogen-bond donors (Lipinski definition) is 1. The smallest absolute Gasteiger partial charge is 0.310 e. The zero-order chi connectivity index (χ0) is 8.43. The van der Waals surface area contributed by atoms with Gasteiger partial charge in [0.05, 0.1) is 4.92 Å².